The Kier molecular flexibility index (Phi) is 3.06. The highest BCUT2D eigenvalue weighted by atomic mass is 32.2. The molecule has 2 rings (SSSR count). The minimum absolute atomic E-state index is 0.0338. The molecule has 0 fully saturated rings. The van der Waals surface area contributed by atoms with Crippen LogP contribution in [-0.4, -0.2) is 24.1 Å². The van der Waals surface area contributed by atoms with Crippen molar-refractivity contribution in [3.63, 3.8) is 0 Å². The number of nitrogens with two attached hydrogens (primary N) is 1. The number of aromatic nitrogens is 2. The van der Waals surface area contributed by atoms with Gasteiger partial charge in [-0.3, -0.25) is 0 Å². The monoisotopic (exact) mass is 253 g/mol. The lowest BCUT2D eigenvalue weighted by molar-refractivity contribution is 0.586. The molecule has 0 saturated carbocycles. The summed E-state index contributed by atoms with van der Waals surface area (Å²) in [6.07, 6.45) is 1.48. The number of imidazole rings is 1. The number of nitrogens with zero attached hydrogens (tertiary/aromatic N) is 1. The summed E-state index contributed by atoms with van der Waals surface area (Å²) >= 11 is 0. The molecule has 0 aliphatic carbocycles. The van der Waals surface area contributed by atoms with Crippen LogP contribution < -0.4 is 5.73 Å². The summed E-state index contributed by atoms with van der Waals surface area (Å²) in [5.41, 5.74) is 7.48. The molecule has 0 spiro atoms. The Hall–Kier alpha value is -1.56. The number of nitrogen functional groups attached to an aromatic ring is 1. The Morgan fingerprint density at radius 3 is 2.88 bits per heavy atom. The summed E-state index contributed by atoms with van der Waals surface area (Å²) in [5, 5.41) is 0.0338. The Morgan fingerprint density at radius 2 is 2.18 bits per heavy atom. The Morgan fingerprint density at radius 1 is 1.41 bits per heavy atom. The highest BCUT2D eigenvalue weighted by Gasteiger charge is 2.18. The standard InChI is InChI=1S/C11H15N3O2S/c1-2-3-6-17(15,16)11-13-9-5-4-8(12)7-10(9)14-11/h4-5,7H,2-3,6,12H2,1H3,(H,13,14). The maximum atomic E-state index is 11.9. The average Bonchev–Trinajstić information content (AvgIpc) is 2.70. The summed E-state index contributed by atoms with van der Waals surface area (Å²) in [7, 11) is -3.30. The zero-order valence-corrected chi connectivity index (χ0v) is 10.4. The number of sulfone groups is 1. The molecule has 0 saturated heterocycles. The van der Waals surface area contributed by atoms with Gasteiger partial charge in [-0.1, -0.05) is 13.3 Å². The number of unbranched alkanes of at least 4 members (excludes halogenated alkanes) is 1. The summed E-state index contributed by atoms with van der Waals surface area (Å²) in [6.45, 7) is 1.95. The smallest absolute Gasteiger partial charge is 0.226 e. The van der Waals surface area contributed by atoms with E-state index in [0.29, 0.717) is 23.1 Å². The first kappa shape index (κ1) is 11.9. The largest absolute Gasteiger partial charge is 0.399 e. The van der Waals surface area contributed by atoms with E-state index in [1.165, 1.54) is 0 Å². The van der Waals surface area contributed by atoms with E-state index in [0.717, 1.165) is 6.42 Å². The number of aromatic amines is 1. The average molecular weight is 253 g/mol. The molecular weight excluding hydrogens is 238 g/mol. The van der Waals surface area contributed by atoms with Gasteiger partial charge in [-0.2, -0.15) is 0 Å². The Bertz CT molecular complexity index is 631. The molecule has 1 aromatic carbocycles. The molecule has 0 atom stereocenters. The van der Waals surface area contributed by atoms with Crippen LogP contribution in [0.2, 0.25) is 0 Å². The van der Waals surface area contributed by atoms with Crippen LogP contribution in [0.5, 0.6) is 0 Å². The van der Waals surface area contributed by atoms with Crippen LogP contribution in [0.1, 0.15) is 19.8 Å². The molecule has 3 N–H and O–H groups in total. The van der Waals surface area contributed by atoms with E-state index < -0.39 is 9.84 Å². The number of fused-ring (bicyclic) bond motifs is 1. The predicted octanol–water partition coefficient (Wildman–Crippen LogP) is 1.72. The van der Waals surface area contributed by atoms with Gasteiger partial charge < -0.3 is 10.7 Å². The minimum atomic E-state index is -3.30. The first-order valence-corrected chi connectivity index (χ1v) is 7.16. The number of hydrogen-bond donors (Lipinski definition) is 2. The molecule has 0 amide bonds. The van der Waals surface area contributed by atoms with Gasteiger partial charge in [-0.05, 0) is 24.6 Å². The normalized spacial score (nSPS) is 12.1. The molecule has 1 heterocycles. The third-order valence-corrected chi connectivity index (χ3v) is 4.15. The van der Waals surface area contributed by atoms with Crippen LogP contribution in [0, 0.1) is 0 Å². The molecule has 0 aliphatic heterocycles. The maximum absolute atomic E-state index is 11.9. The summed E-state index contributed by atoms with van der Waals surface area (Å²) < 4.78 is 23.8. The molecule has 0 bridgehead atoms. The van der Waals surface area contributed by atoms with Crippen molar-refractivity contribution in [2.24, 2.45) is 0 Å². The Balaban J connectivity index is 2.43. The predicted molar refractivity (Wildman–Crippen MR) is 67.5 cm³/mol. The van der Waals surface area contributed by atoms with Crippen molar-refractivity contribution < 1.29 is 8.42 Å². The van der Waals surface area contributed by atoms with Crippen molar-refractivity contribution in [3.8, 4) is 0 Å². The second-order valence-corrected chi connectivity index (χ2v) is 6.02. The van der Waals surface area contributed by atoms with Gasteiger partial charge in [-0.15, -0.1) is 0 Å². The molecule has 2 aromatic rings. The molecule has 6 heteroatoms. The van der Waals surface area contributed by atoms with Crippen molar-refractivity contribution in [1.29, 1.82) is 0 Å². The van der Waals surface area contributed by atoms with Crippen LogP contribution in [0.4, 0.5) is 5.69 Å². The molecule has 1 aromatic heterocycles. The number of H-pyrrole nitrogens is 1. The highest BCUT2D eigenvalue weighted by Crippen LogP contribution is 2.18. The molecule has 0 aliphatic rings. The van der Waals surface area contributed by atoms with Crippen molar-refractivity contribution in [3.05, 3.63) is 18.2 Å². The summed E-state index contributed by atoms with van der Waals surface area (Å²) in [4.78, 5) is 6.89. The van der Waals surface area contributed by atoms with Gasteiger partial charge in [0.1, 0.15) is 0 Å². The fourth-order valence-electron chi connectivity index (χ4n) is 1.58. The van der Waals surface area contributed by atoms with E-state index >= 15 is 0 Å². The SMILES string of the molecule is CCCCS(=O)(=O)c1nc2ccc(N)cc2[nH]1. The number of rotatable bonds is 4. The van der Waals surface area contributed by atoms with Gasteiger partial charge >= 0.3 is 0 Å². The lowest BCUT2D eigenvalue weighted by Gasteiger charge is -1.97. The number of nitrogens with one attached hydrogen (secondary N) is 1. The third kappa shape index (κ3) is 2.41. The molecule has 0 radical (unpaired) electrons. The van der Waals surface area contributed by atoms with Crippen LogP contribution >= 0.6 is 0 Å². The van der Waals surface area contributed by atoms with Crippen LogP contribution in [0.25, 0.3) is 11.0 Å². The molecule has 92 valence electrons. The van der Waals surface area contributed by atoms with E-state index in [-0.39, 0.29) is 10.9 Å². The Labute approximate surface area is 100.0 Å². The van der Waals surface area contributed by atoms with E-state index in [4.69, 9.17) is 5.73 Å². The van der Waals surface area contributed by atoms with Gasteiger partial charge in [0.05, 0.1) is 16.8 Å². The second kappa shape index (κ2) is 4.37. The number of anilines is 1. The zero-order chi connectivity index (χ0) is 12.5. The van der Waals surface area contributed by atoms with Crippen LogP contribution in [0.3, 0.4) is 0 Å². The maximum Gasteiger partial charge on any atom is 0.226 e. The quantitative estimate of drug-likeness (QED) is 0.812. The van der Waals surface area contributed by atoms with Crippen molar-refractivity contribution in [2.45, 2.75) is 24.9 Å². The van der Waals surface area contributed by atoms with Gasteiger partial charge in [0.15, 0.2) is 0 Å². The first-order chi connectivity index (χ1) is 8.03. The van der Waals surface area contributed by atoms with Crippen molar-refractivity contribution in [1.82, 2.24) is 9.97 Å². The lowest BCUT2D eigenvalue weighted by Crippen LogP contribution is -2.08. The minimum Gasteiger partial charge on any atom is -0.399 e. The molecule has 0 unspecified atom stereocenters. The molecule has 5 nitrogen and oxygen atoms in total. The van der Waals surface area contributed by atoms with E-state index in [1.807, 2.05) is 6.92 Å². The van der Waals surface area contributed by atoms with Gasteiger partial charge in [-0.25, -0.2) is 13.4 Å². The topological polar surface area (TPSA) is 88.8 Å². The summed E-state index contributed by atoms with van der Waals surface area (Å²) in [5.74, 6) is 0.124. The first-order valence-electron chi connectivity index (χ1n) is 5.51. The molecule has 17 heavy (non-hydrogen) atoms. The van der Waals surface area contributed by atoms with Crippen LogP contribution in [-0.2, 0) is 9.84 Å². The number of benzene rings is 1. The molecular formula is C11H15N3O2S. The van der Waals surface area contributed by atoms with Gasteiger partial charge in [0.2, 0.25) is 15.0 Å². The van der Waals surface area contributed by atoms with Gasteiger partial charge in [0, 0.05) is 5.69 Å². The van der Waals surface area contributed by atoms with Crippen molar-refractivity contribution >= 4 is 26.6 Å². The van der Waals surface area contributed by atoms with Gasteiger partial charge in [0.25, 0.3) is 0 Å². The van der Waals surface area contributed by atoms with E-state index in [2.05, 4.69) is 9.97 Å². The van der Waals surface area contributed by atoms with E-state index in [1.54, 1.807) is 18.2 Å². The zero-order valence-electron chi connectivity index (χ0n) is 9.60. The highest BCUT2D eigenvalue weighted by molar-refractivity contribution is 7.91. The lowest BCUT2D eigenvalue weighted by atomic mass is 10.3. The second-order valence-electron chi connectivity index (χ2n) is 3.99. The summed E-state index contributed by atoms with van der Waals surface area (Å²) in [6, 6.07) is 5.09. The number of hydrogen-bond acceptors (Lipinski definition) is 4. The van der Waals surface area contributed by atoms with Crippen LogP contribution in [0.15, 0.2) is 23.4 Å². The van der Waals surface area contributed by atoms with E-state index in [9.17, 15) is 8.42 Å². The van der Waals surface area contributed by atoms with Crippen molar-refractivity contribution in [2.75, 3.05) is 11.5 Å². The third-order valence-electron chi connectivity index (χ3n) is 2.55. The fraction of sp³-hybridized carbons (Fsp3) is 0.364. The fourth-order valence-corrected chi connectivity index (χ4v) is 2.95.